The first-order chi connectivity index (χ1) is 18.5. The Kier molecular flexibility index (Phi) is 7.74. The van der Waals surface area contributed by atoms with Crippen LogP contribution in [0.3, 0.4) is 0 Å². The molecule has 4 rings (SSSR count). The zero-order valence-electron chi connectivity index (χ0n) is 21.3. The van der Waals surface area contributed by atoms with Gasteiger partial charge in [-0.25, -0.2) is 18.4 Å². The number of nitrogens with zero attached hydrogens (tertiary/aromatic N) is 6. The third-order valence-electron chi connectivity index (χ3n) is 5.79. The van der Waals surface area contributed by atoms with Gasteiger partial charge in [-0.1, -0.05) is 12.1 Å². The maximum absolute atomic E-state index is 15.8. The molecule has 15 heteroatoms. The van der Waals surface area contributed by atoms with Crippen LogP contribution in [0, 0.1) is 6.92 Å². The smallest absolute Gasteiger partial charge is 0.348 e. The fourth-order valence-corrected chi connectivity index (χ4v) is 4.67. The fourth-order valence-electron chi connectivity index (χ4n) is 3.64. The zero-order valence-corrected chi connectivity index (χ0v) is 22.1. The molecular formula is C24H25F2N7O5S. The number of aliphatic hydroxyl groups is 1. The molecule has 0 aliphatic heterocycles. The second kappa shape index (κ2) is 10.9. The highest BCUT2D eigenvalue weighted by Crippen LogP contribution is 2.41. The van der Waals surface area contributed by atoms with E-state index in [1.54, 1.807) is 13.0 Å². The summed E-state index contributed by atoms with van der Waals surface area (Å²) in [4.78, 5) is 11.7. The van der Waals surface area contributed by atoms with Crippen molar-refractivity contribution in [3.63, 3.8) is 0 Å². The minimum Gasteiger partial charge on any atom is -0.494 e. The standard InChI is InChI=1S/C24H25F2N7O5S/c1-14-12-28-21(29-13-14)20(34)15(2)39(35,36)32-23-31-30-22(24(25,26)18-10-5-6-11-27-18)33(23)19-16(37-3)8-7-9-17(19)38-4/h5-13,15,20,34H,1-4H3,(H,31,32)/t15-,20-/m0/s1. The van der Waals surface area contributed by atoms with E-state index in [2.05, 4.69) is 29.9 Å². The van der Waals surface area contributed by atoms with Gasteiger partial charge in [0.15, 0.2) is 5.82 Å². The molecule has 0 fully saturated rings. The van der Waals surface area contributed by atoms with Gasteiger partial charge in [-0.15, -0.1) is 10.2 Å². The number of alkyl halides is 2. The van der Waals surface area contributed by atoms with E-state index in [0.717, 1.165) is 10.6 Å². The van der Waals surface area contributed by atoms with Crippen molar-refractivity contribution < 1.29 is 31.8 Å². The Balaban J connectivity index is 1.86. The summed E-state index contributed by atoms with van der Waals surface area (Å²) in [6.45, 7) is 2.94. The molecule has 4 aromatic rings. The Morgan fingerprint density at radius 3 is 2.21 bits per heavy atom. The van der Waals surface area contributed by atoms with E-state index >= 15 is 8.78 Å². The van der Waals surface area contributed by atoms with Crippen LogP contribution in [0.1, 0.15) is 35.9 Å². The number of hydrogen-bond donors (Lipinski definition) is 2. The molecule has 12 nitrogen and oxygen atoms in total. The topological polar surface area (TPSA) is 154 Å². The Morgan fingerprint density at radius 1 is 1.00 bits per heavy atom. The predicted octanol–water partition coefficient (Wildman–Crippen LogP) is 2.78. The molecule has 0 radical (unpaired) electrons. The molecule has 0 spiro atoms. The first kappa shape index (κ1) is 27.8. The van der Waals surface area contributed by atoms with E-state index in [4.69, 9.17) is 9.47 Å². The lowest BCUT2D eigenvalue weighted by molar-refractivity contribution is 0.0262. The van der Waals surface area contributed by atoms with Crippen LogP contribution in [0.5, 0.6) is 11.5 Å². The molecule has 1 aromatic carbocycles. The summed E-state index contributed by atoms with van der Waals surface area (Å²) < 4.78 is 72.0. The van der Waals surface area contributed by atoms with Crippen molar-refractivity contribution in [2.75, 3.05) is 18.9 Å². The van der Waals surface area contributed by atoms with Crippen LogP contribution >= 0.6 is 0 Å². The lowest BCUT2D eigenvalue weighted by Crippen LogP contribution is -2.33. The number of methoxy groups -OCH3 is 2. The van der Waals surface area contributed by atoms with Crippen molar-refractivity contribution in [2.24, 2.45) is 0 Å². The van der Waals surface area contributed by atoms with Crippen LogP contribution in [-0.4, -0.2) is 62.7 Å². The lowest BCUT2D eigenvalue weighted by atomic mass is 10.2. The molecule has 0 aliphatic rings. The zero-order chi connectivity index (χ0) is 28.4. The summed E-state index contributed by atoms with van der Waals surface area (Å²) in [5, 5.41) is 16.5. The molecular weight excluding hydrogens is 536 g/mol. The molecule has 39 heavy (non-hydrogen) atoms. The first-order valence-corrected chi connectivity index (χ1v) is 13.0. The van der Waals surface area contributed by atoms with Gasteiger partial charge in [0.25, 0.3) is 0 Å². The number of ether oxygens (including phenoxy) is 2. The summed E-state index contributed by atoms with van der Waals surface area (Å²) in [5.41, 5.74) is -0.0343. The quantitative estimate of drug-likeness (QED) is 0.295. The maximum atomic E-state index is 15.8. The van der Waals surface area contributed by atoms with Gasteiger partial charge in [0.1, 0.15) is 34.2 Å². The van der Waals surface area contributed by atoms with Crippen LogP contribution in [0.4, 0.5) is 14.7 Å². The Morgan fingerprint density at radius 2 is 1.64 bits per heavy atom. The molecule has 2 atom stereocenters. The average Bonchev–Trinajstić information content (AvgIpc) is 3.35. The summed E-state index contributed by atoms with van der Waals surface area (Å²) in [6.07, 6.45) is 2.40. The van der Waals surface area contributed by atoms with E-state index < -0.39 is 44.8 Å². The molecule has 0 aliphatic carbocycles. The van der Waals surface area contributed by atoms with Gasteiger partial charge in [0.05, 0.1) is 14.2 Å². The van der Waals surface area contributed by atoms with Crippen molar-refractivity contribution >= 4 is 16.0 Å². The largest absolute Gasteiger partial charge is 0.494 e. The second-order valence-electron chi connectivity index (χ2n) is 8.40. The van der Waals surface area contributed by atoms with Gasteiger partial charge in [-0.2, -0.15) is 8.78 Å². The van der Waals surface area contributed by atoms with Gasteiger partial charge >= 0.3 is 5.92 Å². The van der Waals surface area contributed by atoms with Gasteiger partial charge in [0.2, 0.25) is 21.8 Å². The molecule has 0 saturated carbocycles. The van der Waals surface area contributed by atoms with E-state index in [1.165, 1.54) is 64.0 Å². The molecule has 0 amide bonds. The number of para-hydroxylation sites is 1. The van der Waals surface area contributed by atoms with Gasteiger partial charge in [-0.3, -0.25) is 14.3 Å². The van der Waals surface area contributed by atoms with Crippen LogP contribution in [0.15, 0.2) is 55.0 Å². The number of hydrogen-bond acceptors (Lipinski definition) is 10. The third-order valence-corrected chi connectivity index (χ3v) is 7.49. The van der Waals surface area contributed by atoms with Crippen LogP contribution in [0.2, 0.25) is 0 Å². The highest BCUT2D eigenvalue weighted by atomic mass is 32.2. The molecule has 0 bridgehead atoms. The summed E-state index contributed by atoms with van der Waals surface area (Å²) in [5.74, 6) is -5.40. The average molecular weight is 562 g/mol. The number of aliphatic hydroxyl groups excluding tert-OH is 1. The number of halogens is 2. The van der Waals surface area contributed by atoms with Gasteiger partial charge in [0, 0.05) is 18.6 Å². The number of rotatable bonds is 10. The van der Waals surface area contributed by atoms with Crippen molar-refractivity contribution in [2.45, 2.75) is 31.1 Å². The second-order valence-corrected chi connectivity index (χ2v) is 10.4. The molecule has 2 N–H and O–H groups in total. The molecule has 0 unspecified atom stereocenters. The van der Waals surface area contributed by atoms with Gasteiger partial charge in [-0.05, 0) is 43.7 Å². The van der Waals surface area contributed by atoms with Crippen molar-refractivity contribution in [1.29, 1.82) is 0 Å². The number of aryl methyl sites for hydroxylation is 1. The third kappa shape index (κ3) is 5.35. The van der Waals surface area contributed by atoms with Crippen molar-refractivity contribution in [3.05, 3.63) is 77.9 Å². The highest BCUT2D eigenvalue weighted by molar-refractivity contribution is 7.93. The number of pyridine rings is 1. The van der Waals surface area contributed by atoms with E-state index in [-0.39, 0.29) is 23.0 Å². The van der Waals surface area contributed by atoms with Crippen LogP contribution < -0.4 is 14.2 Å². The Labute approximate surface area is 222 Å². The number of benzene rings is 1. The minimum absolute atomic E-state index is 0.0637. The van der Waals surface area contributed by atoms with Crippen molar-refractivity contribution in [1.82, 2.24) is 29.7 Å². The number of anilines is 1. The summed E-state index contributed by atoms with van der Waals surface area (Å²) in [7, 11) is -1.87. The Bertz CT molecular complexity index is 1530. The molecule has 206 valence electrons. The molecule has 0 saturated heterocycles. The lowest BCUT2D eigenvalue weighted by Gasteiger charge is -2.22. The first-order valence-electron chi connectivity index (χ1n) is 11.5. The molecule has 3 aromatic heterocycles. The summed E-state index contributed by atoms with van der Waals surface area (Å²) >= 11 is 0. The normalized spacial score (nSPS) is 13.5. The SMILES string of the molecule is COc1cccc(OC)c1-n1c(NS(=O)(=O)[C@@H](C)[C@H](O)c2ncc(C)cn2)nnc1C(F)(F)c1ccccn1. The maximum Gasteiger partial charge on any atom is 0.348 e. The Hall–Kier alpha value is -4.24. The van der Waals surface area contributed by atoms with Crippen molar-refractivity contribution in [3.8, 4) is 17.2 Å². The van der Waals surface area contributed by atoms with E-state index in [1.807, 2.05) is 0 Å². The van der Waals surface area contributed by atoms with Crippen LogP contribution in [0.25, 0.3) is 5.69 Å². The van der Waals surface area contributed by atoms with E-state index in [0.29, 0.717) is 5.56 Å². The fraction of sp³-hybridized carbons (Fsp3) is 0.292. The number of aromatic nitrogens is 6. The minimum atomic E-state index is -4.48. The number of nitrogens with one attached hydrogen (secondary N) is 1. The van der Waals surface area contributed by atoms with Gasteiger partial charge < -0.3 is 14.6 Å². The predicted molar refractivity (Wildman–Crippen MR) is 135 cm³/mol. The summed E-state index contributed by atoms with van der Waals surface area (Å²) in [6, 6.07) is 8.45. The molecule has 3 heterocycles. The monoisotopic (exact) mass is 561 g/mol. The highest BCUT2D eigenvalue weighted by Gasteiger charge is 2.44. The number of sulfonamides is 1. The van der Waals surface area contributed by atoms with Crippen LogP contribution in [-0.2, 0) is 15.9 Å². The van der Waals surface area contributed by atoms with E-state index in [9.17, 15) is 13.5 Å².